The molecule has 0 saturated carbocycles. The molecule has 1 fully saturated rings. The van der Waals surface area contributed by atoms with E-state index in [2.05, 4.69) is 30.9 Å². The predicted octanol–water partition coefficient (Wildman–Crippen LogP) is 2.19. The van der Waals surface area contributed by atoms with Crippen molar-refractivity contribution in [1.29, 1.82) is 0 Å². The molecule has 2 aliphatic heterocycles. The van der Waals surface area contributed by atoms with Crippen LogP contribution in [0.15, 0.2) is 18.2 Å². The third kappa shape index (κ3) is 2.63. The van der Waals surface area contributed by atoms with E-state index < -0.39 is 0 Å². The maximum Gasteiger partial charge on any atom is 0.161 e. The molecule has 2 heterocycles. The maximum absolute atomic E-state index is 6.04. The number of benzene rings is 1. The van der Waals surface area contributed by atoms with Crippen LogP contribution in [-0.4, -0.2) is 37.7 Å². The van der Waals surface area contributed by atoms with Crippen molar-refractivity contribution in [3.05, 3.63) is 23.8 Å². The molecule has 0 aromatic heterocycles. The summed E-state index contributed by atoms with van der Waals surface area (Å²) in [6.07, 6.45) is 1.23. The number of nitrogens with zero attached hydrogens (tertiary/aromatic N) is 1. The van der Waals surface area contributed by atoms with E-state index in [1.54, 1.807) is 0 Å². The number of hydrogen-bond donors (Lipinski definition) is 1. The Morgan fingerprint density at radius 1 is 1.25 bits per heavy atom. The van der Waals surface area contributed by atoms with Gasteiger partial charge in [0.25, 0.3) is 0 Å². The number of rotatable bonds is 3. The van der Waals surface area contributed by atoms with E-state index in [4.69, 9.17) is 15.2 Å². The largest absolute Gasteiger partial charge is 0.486 e. The van der Waals surface area contributed by atoms with Gasteiger partial charge in [0.2, 0.25) is 0 Å². The first-order valence-electron chi connectivity index (χ1n) is 7.43. The van der Waals surface area contributed by atoms with E-state index in [0.29, 0.717) is 25.2 Å². The summed E-state index contributed by atoms with van der Waals surface area (Å²) in [5.41, 5.74) is 7.66. The van der Waals surface area contributed by atoms with Crippen molar-refractivity contribution >= 4 is 0 Å². The van der Waals surface area contributed by atoms with Gasteiger partial charge in [-0.1, -0.05) is 19.9 Å². The first kappa shape index (κ1) is 13.7. The van der Waals surface area contributed by atoms with Gasteiger partial charge < -0.3 is 15.2 Å². The fourth-order valence-electron chi connectivity index (χ4n) is 3.18. The molecule has 20 heavy (non-hydrogen) atoms. The number of likely N-dealkylation sites (tertiary alicyclic amines) is 1. The minimum atomic E-state index is 0.271. The summed E-state index contributed by atoms with van der Waals surface area (Å²) in [5.74, 6) is 1.70. The highest BCUT2D eigenvalue weighted by molar-refractivity contribution is 5.44. The van der Waals surface area contributed by atoms with Crippen LogP contribution in [0.2, 0.25) is 0 Å². The molecule has 0 radical (unpaired) electrons. The van der Waals surface area contributed by atoms with Gasteiger partial charge >= 0.3 is 0 Å². The van der Waals surface area contributed by atoms with Crippen molar-refractivity contribution < 1.29 is 9.47 Å². The summed E-state index contributed by atoms with van der Waals surface area (Å²) >= 11 is 0. The average Bonchev–Trinajstić information content (AvgIpc) is 2.80. The summed E-state index contributed by atoms with van der Waals surface area (Å²) in [6.45, 7) is 8.75. The Morgan fingerprint density at radius 2 is 2.00 bits per heavy atom. The Morgan fingerprint density at radius 3 is 2.65 bits per heavy atom. The quantitative estimate of drug-likeness (QED) is 0.919. The van der Waals surface area contributed by atoms with Gasteiger partial charge in [0.1, 0.15) is 13.2 Å². The molecule has 1 saturated heterocycles. The minimum Gasteiger partial charge on any atom is -0.486 e. The maximum atomic E-state index is 6.04. The van der Waals surface area contributed by atoms with Crippen LogP contribution >= 0.6 is 0 Å². The fraction of sp³-hybridized carbons (Fsp3) is 0.625. The smallest absolute Gasteiger partial charge is 0.161 e. The average molecular weight is 276 g/mol. The van der Waals surface area contributed by atoms with Gasteiger partial charge in [-0.2, -0.15) is 0 Å². The highest BCUT2D eigenvalue weighted by atomic mass is 16.6. The summed E-state index contributed by atoms with van der Waals surface area (Å²) < 4.78 is 11.3. The normalized spacial score (nSPS) is 22.8. The lowest BCUT2D eigenvalue weighted by Gasteiger charge is -2.29. The summed E-state index contributed by atoms with van der Waals surface area (Å²) in [4.78, 5) is 2.49. The van der Waals surface area contributed by atoms with Gasteiger partial charge in [-0.3, -0.25) is 4.90 Å². The molecule has 1 unspecified atom stereocenters. The number of fused-ring (bicyclic) bond motifs is 1. The Labute approximate surface area is 120 Å². The second-order valence-electron chi connectivity index (χ2n) is 6.54. The van der Waals surface area contributed by atoms with E-state index in [0.717, 1.165) is 24.6 Å². The first-order chi connectivity index (χ1) is 9.59. The topological polar surface area (TPSA) is 47.7 Å². The molecule has 2 aliphatic rings. The first-order valence-corrected chi connectivity index (χ1v) is 7.43. The molecule has 1 atom stereocenters. The van der Waals surface area contributed by atoms with Crippen LogP contribution in [0.1, 0.15) is 31.9 Å². The van der Waals surface area contributed by atoms with Crippen LogP contribution in [0.4, 0.5) is 0 Å². The number of ether oxygens (including phenoxy) is 2. The third-order valence-electron chi connectivity index (χ3n) is 4.32. The van der Waals surface area contributed by atoms with E-state index in [-0.39, 0.29) is 6.04 Å². The van der Waals surface area contributed by atoms with Crippen LogP contribution in [0.25, 0.3) is 0 Å². The summed E-state index contributed by atoms with van der Waals surface area (Å²) in [7, 11) is 0. The zero-order valence-corrected chi connectivity index (χ0v) is 12.4. The zero-order valence-electron chi connectivity index (χ0n) is 12.4. The minimum absolute atomic E-state index is 0.271. The highest BCUT2D eigenvalue weighted by Crippen LogP contribution is 2.37. The van der Waals surface area contributed by atoms with Crippen LogP contribution in [-0.2, 0) is 0 Å². The molecule has 1 aromatic rings. The lowest BCUT2D eigenvalue weighted by molar-refractivity contribution is 0.170. The number of hydrogen-bond acceptors (Lipinski definition) is 4. The highest BCUT2D eigenvalue weighted by Gasteiger charge is 2.33. The van der Waals surface area contributed by atoms with Crippen molar-refractivity contribution in [3.8, 4) is 11.5 Å². The lowest BCUT2D eigenvalue weighted by atomic mass is 9.93. The molecule has 110 valence electrons. The Kier molecular flexibility index (Phi) is 3.61. The molecule has 4 heteroatoms. The van der Waals surface area contributed by atoms with E-state index in [9.17, 15) is 0 Å². The van der Waals surface area contributed by atoms with E-state index >= 15 is 0 Å². The van der Waals surface area contributed by atoms with Crippen molar-refractivity contribution in [2.75, 3.05) is 32.8 Å². The second-order valence-corrected chi connectivity index (χ2v) is 6.54. The molecule has 1 aromatic carbocycles. The van der Waals surface area contributed by atoms with Crippen LogP contribution in [0, 0.1) is 5.41 Å². The molecule has 3 rings (SSSR count). The van der Waals surface area contributed by atoms with Gasteiger partial charge in [-0.25, -0.2) is 0 Å². The van der Waals surface area contributed by atoms with Crippen LogP contribution < -0.4 is 15.2 Å². The number of nitrogens with two attached hydrogens (primary N) is 1. The Balaban J connectivity index is 1.82. The molecule has 2 N–H and O–H groups in total. The van der Waals surface area contributed by atoms with Gasteiger partial charge in [-0.15, -0.1) is 0 Å². The molecular formula is C16H24N2O2. The van der Waals surface area contributed by atoms with E-state index in [1.807, 2.05) is 6.07 Å². The van der Waals surface area contributed by atoms with Crippen molar-refractivity contribution in [1.82, 2.24) is 4.90 Å². The van der Waals surface area contributed by atoms with Gasteiger partial charge in [0.15, 0.2) is 11.5 Å². The zero-order chi connectivity index (χ0) is 14.2. The fourth-order valence-corrected chi connectivity index (χ4v) is 3.18. The van der Waals surface area contributed by atoms with Crippen LogP contribution in [0.5, 0.6) is 11.5 Å². The van der Waals surface area contributed by atoms with E-state index in [1.165, 1.54) is 12.0 Å². The van der Waals surface area contributed by atoms with Crippen molar-refractivity contribution in [2.45, 2.75) is 26.3 Å². The van der Waals surface area contributed by atoms with Crippen molar-refractivity contribution in [3.63, 3.8) is 0 Å². The third-order valence-corrected chi connectivity index (χ3v) is 4.32. The Bertz CT molecular complexity index is 487. The lowest BCUT2D eigenvalue weighted by Crippen LogP contribution is -2.33. The predicted molar refractivity (Wildman–Crippen MR) is 79.2 cm³/mol. The van der Waals surface area contributed by atoms with Gasteiger partial charge in [0.05, 0.1) is 0 Å². The van der Waals surface area contributed by atoms with Crippen LogP contribution in [0.3, 0.4) is 0 Å². The van der Waals surface area contributed by atoms with Crippen molar-refractivity contribution in [2.24, 2.45) is 11.1 Å². The second kappa shape index (κ2) is 5.26. The molecule has 0 spiro atoms. The SMILES string of the molecule is CC1(C)CCN(C(CN)c2ccc3c(c2)OCCO3)C1. The molecular weight excluding hydrogens is 252 g/mol. The molecule has 4 nitrogen and oxygen atoms in total. The standard InChI is InChI=1S/C16H24N2O2/c1-16(2)5-6-18(11-16)13(10-17)12-3-4-14-15(9-12)20-8-7-19-14/h3-4,9,13H,5-8,10-11,17H2,1-2H3. The summed E-state index contributed by atoms with van der Waals surface area (Å²) in [5, 5.41) is 0. The summed E-state index contributed by atoms with van der Waals surface area (Å²) in [6, 6.07) is 6.49. The molecule has 0 aliphatic carbocycles. The van der Waals surface area contributed by atoms with Gasteiger partial charge in [-0.05, 0) is 36.1 Å². The molecule has 0 bridgehead atoms. The monoisotopic (exact) mass is 276 g/mol. The molecule has 0 amide bonds. The van der Waals surface area contributed by atoms with Gasteiger partial charge in [0, 0.05) is 19.1 Å². The Hall–Kier alpha value is -1.26.